The summed E-state index contributed by atoms with van der Waals surface area (Å²) in [5, 5.41) is 18.9. The van der Waals surface area contributed by atoms with Crippen LogP contribution in [0.15, 0.2) is 48.7 Å². The van der Waals surface area contributed by atoms with E-state index in [1.54, 1.807) is 31.3 Å². The van der Waals surface area contributed by atoms with E-state index in [1.807, 2.05) is 0 Å². The second-order valence-electron chi connectivity index (χ2n) is 6.18. The zero-order chi connectivity index (χ0) is 19.7. The van der Waals surface area contributed by atoms with Crippen molar-refractivity contribution in [2.24, 2.45) is 0 Å². The van der Waals surface area contributed by atoms with Gasteiger partial charge in [-0.15, -0.1) is 0 Å². The molecule has 0 spiro atoms. The summed E-state index contributed by atoms with van der Waals surface area (Å²) in [6.07, 6.45) is 1.51. The number of aromatic hydroxyl groups is 1. The Balaban J connectivity index is 1.56. The van der Waals surface area contributed by atoms with Crippen molar-refractivity contribution in [1.82, 2.24) is 15.1 Å². The molecule has 9 heteroatoms. The number of phenolic OH excluding ortho intramolecular Hbond substituents is 1. The molecule has 0 saturated carbocycles. The van der Waals surface area contributed by atoms with Crippen LogP contribution in [-0.2, 0) is 0 Å². The zero-order valence-electron chi connectivity index (χ0n) is 14.8. The standard InChI is InChI=1S/C19H16N4O5/c1-23-10-27-16-9-13(2-3-15(16)19(23)26)28-14-7-11(6-12(24)8-14)18(25)21-17-4-5-20-22-17/h2-9,24H,10H2,1H3,(H2,20,21,22,25). The number of amides is 2. The Morgan fingerprint density at radius 3 is 2.89 bits per heavy atom. The summed E-state index contributed by atoms with van der Waals surface area (Å²) in [6.45, 7) is 0.152. The SMILES string of the molecule is CN1COc2cc(Oc3cc(O)cc(C(=O)Nc4ccn[nH]4)c3)ccc2C1=O. The number of anilines is 1. The molecule has 1 aliphatic rings. The van der Waals surface area contributed by atoms with Crippen LogP contribution in [0.3, 0.4) is 0 Å². The second-order valence-corrected chi connectivity index (χ2v) is 6.18. The minimum Gasteiger partial charge on any atom is -0.508 e. The van der Waals surface area contributed by atoms with Crippen molar-refractivity contribution in [1.29, 1.82) is 0 Å². The van der Waals surface area contributed by atoms with Gasteiger partial charge in [-0.1, -0.05) is 0 Å². The van der Waals surface area contributed by atoms with Crippen LogP contribution in [-0.4, -0.2) is 45.8 Å². The minimum atomic E-state index is -0.438. The molecule has 2 amide bonds. The monoisotopic (exact) mass is 380 g/mol. The number of benzene rings is 2. The van der Waals surface area contributed by atoms with E-state index in [0.29, 0.717) is 22.9 Å². The van der Waals surface area contributed by atoms with Gasteiger partial charge >= 0.3 is 0 Å². The Bertz CT molecular complexity index is 1050. The molecule has 28 heavy (non-hydrogen) atoms. The van der Waals surface area contributed by atoms with Gasteiger partial charge in [0.05, 0.1) is 11.8 Å². The molecule has 3 aromatic rings. The third kappa shape index (κ3) is 3.45. The second kappa shape index (κ2) is 6.95. The van der Waals surface area contributed by atoms with Gasteiger partial charge in [0.1, 0.15) is 28.8 Å². The fraction of sp³-hybridized carbons (Fsp3) is 0.105. The summed E-state index contributed by atoms with van der Waals surface area (Å²) in [7, 11) is 1.65. The highest BCUT2D eigenvalue weighted by atomic mass is 16.5. The van der Waals surface area contributed by atoms with Crippen molar-refractivity contribution < 1.29 is 24.2 Å². The first-order valence-corrected chi connectivity index (χ1v) is 8.34. The number of rotatable bonds is 4. The highest BCUT2D eigenvalue weighted by molar-refractivity contribution is 6.04. The van der Waals surface area contributed by atoms with Crippen molar-refractivity contribution in [3.05, 3.63) is 59.8 Å². The van der Waals surface area contributed by atoms with E-state index in [1.165, 1.54) is 29.3 Å². The van der Waals surface area contributed by atoms with Crippen molar-refractivity contribution in [3.63, 3.8) is 0 Å². The normalized spacial score (nSPS) is 12.9. The lowest BCUT2D eigenvalue weighted by molar-refractivity contribution is 0.0595. The lowest BCUT2D eigenvalue weighted by Gasteiger charge is -2.25. The average molecular weight is 380 g/mol. The Morgan fingerprint density at radius 2 is 2.11 bits per heavy atom. The summed E-state index contributed by atoms with van der Waals surface area (Å²) >= 11 is 0. The number of H-pyrrole nitrogens is 1. The van der Waals surface area contributed by atoms with Gasteiger partial charge in [0.2, 0.25) is 0 Å². The molecule has 3 N–H and O–H groups in total. The number of hydrogen-bond donors (Lipinski definition) is 3. The maximum absolute atomic E-state index is 12.3. The van der Waals surface area contributed by atoms with E-state index < -0.39 is 5.91 Å². The summed E-state index contributed by atoms with van der Waals surface area (Å²) < 4.78 is 11.3. The van der Waals surface area contributed by atoms with Crippen molar-refractivity contribution in [2.75, 3.05) is 19.1 Å². The topological polar surface area (TPSA) is 117 Å². The van der Waals surface area contributed by atoms with E-state index in [0.717, 1.165) is 0 Å². The largest absolute Gasteiger partial charge is 0.508 e. The lowest BCUT2D eigenvalue weighted by atomic mass is 10.1. The van der Waals surface area contributed by atoms with E-state index in [4.69, 9.17) is 9.47 Å². The van der Waals surface area contributed by atoms with Crippen LogP contribution < -0.4 is 14.8 Å². The number of nitrogens with one attached hydrogen (secondary N) is 2. The Labute approximate surface area is 159 Å². The van der Waals surface area contributed by atoms with Gasteiger partial charge in [0, 0.05) is 30.8 Å². The van der Waals surface area contributed by atoms with Crippen molar-refractivity contribution in [2.45, 2.75) is 0 Å². The van der Waals surface area contributed by atoms with Crippen molar-refractivity contribution >= 4 is 17.6 Å². The molecule has 1 aliphatic heterocycles. The third-order valence-corrected chi connectivity index (χ3v) is 4.08. The Morgan fingerprint density at radius 1 is 1.25 bits per heavy atom. The van der Waals surface area contributed by atoms with E-state index in [-0.39, 0.29) is 29.7 Å². The number of carbonyl (C=O) groups is 2. The first-order chi connectivity index (χ1) is 13.5. The van der Waals surface area contributed by atoms with Crippen LogP contribution in [0.1, 0.15) is 20.7 Å². The average Bonchev–Trinajstić information content (AvgIpc) is 3.17. The fourth-order valence-electron chi connectivity index (χ4n) is 2.72. The maximum Gasteiger partial charge on any atom is 0.259 e. The molecule has 0 fully saturated rings. The first kappa shape index (κ1) is 17.4. The highest BCUT2D eigenvalue weighted by Crippen LogP contribution is 2.33. The molecule has 0 radical (unpaired) electrons. The lowest BCUT2D eigenvalue weighted by Crippen LogP contribution is -2.35. The van der Waals surface area contributed by atoms with Gasteiger partial charge in [-0.3, -0.25) is 14.7 Å². The predicted octanol–water partition coefficient (Wildman–Crippen LogP) is 2.58. The molecule has 2 aromatic carbocycles. The summed E-state index contributed by atoms with van der Waals surface area (Å²) in [5.41, 5.74) is 0.646. The van der Waals surface area contributed by atoms with E-state index in [9.17, 15) is 14.7 Å². The molecule has 1 aromatic heterocycles. The van der Waals surface area contributed by atoms with Crippen LogP contribution in [0.25, 0.3) is 0 Å². The summed E-state index contributed by atoms with van der Waals surface area (Å²) in [6, 6.07) is 10.6. The molecule has 0 aliphatic carbocycles. The van der Waals surface area contributed by atoms with Crippen LogP contribution in [0, 0.1) is 0 Å². The third-order valence-electron chi connectivity index (χ3n) is 4.08. The van der Waals surface area contributed by atoms with Gasteiger partial charge in [-0.05, 0) is 24.3 Å². The number of fused-ring (bicyclic) bond motifs is 1. The number of aromatic amines is 1. The molecular formula is C19H16N4O5. The van der Waals surface area contributed by atoms with Crippen LogP contribution in [0.5, 0.6) is 23.0 Å². The molecule has 4 rings (SSSR count). The number of ether oxygens (including phenoxy) is 2. The minimum absolute atomic E-state index is 0.127. The summed E-state index contributed by atoms with van der Waals surface area (Å²) in [5.74, 6) is 0.805. The maximum atomic E-state index is 12.3. The zero-order valence-corrected chi connectivity index (χ0v) is 14.8. The number of aromatic nitrogens is 2. The quantitative estimate of drug-likeness (QED) is 0.640. The van der Waals surface area contributed by atoms with Gasteiger partial charge in [-0.2, -0.15) is 5.10 Å². The molecular weight excluding hydrogens is 364 g/mol. The Kier molecular flexibility index (Phi) is 4.32. The van der Waals surface area contributed by atoms with E-state index >= 15 is 0 Å². The molecule has 142 valence electrons. The van der Waals surface area contributed by atoms with E-state index in [2.05, 4.69) is 15.5 Å². The molecule has 9 nitrogen and oxygen atoms in total. The number of nitrogens with zero attached hydrogens (tertiary/aromatic N) is 2. The molecule has 0 bridgehead atoms. The van der Waals surface area contributed by atoms with Crippen molar-refractivity contribution in [3.8, 4) is 23.0 Å². The number of hydrogen-bond acceptors (Lipinski definition) is 6. The highest BCUT2D eigenvalue weighted by Gasteiger charge is 2.23. The van der Waals surface area contributed by atoms with Gasteiger partial charge in [-0.25, -0.2) is 0 Å². The fourth-order valence-corrected chi connectivity index (χ4v) is 2.72. The van der Waals surface area contributed by atoms with Crippen LogP contribution in [0.4, 0.5) is 5.82 Å². The molecule has 0 unspecified atom stereocenters. The van der Waals surface area contributed by atoms with Gasteiger partial charge in [0.15, 0.2) is 6.73 Å². The van der Waals surface area contributed by atoms with Crippen LogP contribution >= 0.6 is 0 Å². The number of phenols is 1. The smallest absolute Gasteiger partial charge is 0.259 e. The van der Waals surface area contributed by atoms with Gasteiger partial charge in [0.25, 0.3) is 11.8 Å². The first-order valence-electron chi connectivity index (χ1n) is 8.34. The Hall–Kier alpha value is -4.01. The van der Waals surface area contributed by atoms with Gasteiger partial charge < -0.3 is 24.8 Å². The number of carbonyl (C=O) groups excluding carboxylic acids is 2. The molecule has 0 atom stereocenters. The predicted molar refractivity (Wildman–Crippen MR) is 98.8 cm³/mol. The summed E-state index contributed by atoms with van der Waals surface area (Å²) in [4.78, 5) is 25.9. The molecule has 0 saturated heterocycles. The van der Waals surface area contributed by atoms with Crippen LogP contribution in [0.2, 0.25) is 0 Å². The molecule has 2 heterocycles.